The van der Waals surface area contributed by atoms with E-state index in [0.29, 0.717) is 36.1 Å². The molecule has 0 unspecified atom stereocenters. The number of imidazole rings is 1. The average Bonchev–Trinajstić information content (AvgIpc) is 3.20. The molecule has 0 fully saturated rings. The summed E-state index contributed by atoms with van der Waals surface area (Å²) < 4.78 is 12.7. The molecule has 3 aromatic carbocycles. The van der Waals surface area contributed by atoms with Crippen LogP contribution in [0.15, 0.2) is 59.1 Å². The van der Waals surface area contributed by atoms with Gasteiger partial charge in [0.25, 0.3) is 0 Å². The van der Waals surface area contributed by atoms with E-state index < -0.39 is 0 Å². The number of aromatic nitrogens is 2. The van der Waals surface area contributed by atoms with Crippen molar-refractivity contribution in [3.8, 4) is 17.6 Å². The maximum Gasteiger partial charge on any atom is 0.175 e. The molecule has 6 heteroatoms. The van der Waals surface area contributed by atoms with Gasteiger partial charge in [-0.05, 0) is 83.7 Å². The van der Waals surface area contributed by atoms with Crippen LogP contribution in [0.3, 0.4) is 0 Å². The fourth-order valence-corrected chi connectivity index (χ4v) is 4.18. The van der Waals surface area contributed by atoms with E-state index in [1.807, 2.05) is 56.3 Å². The number of nitrogens with one attached hydrogen (secondary N) is 1. The topological polar surface area (TPSA) is 70.9 Å². The molecule has 0 amide bonds. The molecule has 1 N–H and O–H groups in total. The van der Waals surface area contributed by atoms with Crippen molar-refractivity contribution in [2.24, 2.45) is 0 Å². The zero-order chi connectivity index (χ0) is 23.4. The van der Waals surface area contributed by atoms with Crippen LogP contribution in [0.5, 0.6) is 11.5 Å². The molecule has 0 saturated heterocycles. The van der Waals surface area contributed by atoms with Crippen molar-refractivity contribution in [1.82, 2.24) is 9.97 Å². The van der Waals surface area contributed by atoms with Crippen LogP contribution in [0.1, 0.15) is 35.0 Å². The Kier molecular flexibility index (Phi) is 6.81. The number of H-pyrrole nitrogens is 1. The Morgan fingerprint density at radius 2 is 1.91 bits per heavy atom. The zero-order valence-electron chi connectivity index (χ0n) is 18.8. The predicted octanol–water partition coefficient (Wildman–Crippen LogP) is 6.98. The lowest BCUT2D eigenvalue weighted by atomic mass is 10.1. The van der Waals surface area contributed by atoms with Gasteiger partial charge >= 0.3 is 0 Å². The molecule has 0 atom stereocenters. The summed E-state index contributed by atoms with van der Waals surface area (Å²) in [7, 11) is 0. The van der Waals surface area contributed by atoms with Gasteiger partial charge in [0.2, 0.25) is 0 Å². The summed E-state index contributed by atoms with van der Waals surface area (Å²) in [4.78, 5) is 7.82. The monoisotopic (exact) mass is 501 g/mol. The highest BCUT2D eigenvalue weighted by Gasteiger charge is 2.14. The quantitative estimate of drug-likeness (QED) is 0.277. The number of hydrogen-bond acceptors (Lipinski definition) is 4. The van der Waals surface area contributed by atoms with Crippen LogP contribution in [0, 0.1) is 25.2 Å². The summed E-state index contributed by atoms with van der Waals surface area (Å²) in [6.45, 7) is 6.93. The summed E-state index contributed by atoms with van der Waals surface area (Å²) in [5, 5.41) is 9.80. The van der Waals surface area contributed by atoms with Crippen LogP contribution in [-0.4, -0.2) is 16.6 Å². The highest BCUT2D eigenvalue weighted by atomic mass is 79.9. The van der Waals surface area contributed by atoms with E-state index in [-0.39, 0.29) is 0 Å². The Hall–Kier alpha value is -3.56. The average molecular weight is 502 g/mol. The Morgan fingerprint density at radius 3 is 2.67 bits per heavy atom. The lowest BCUT2D eigenvalue weighted by Crippen LogP contribution is -2.01. The molecule has 0 aliphatic heterocycles. The Balaban J connectivity index is 1.66. The number of ether oxygens (including phenoxy) is 2. The molecule has 1 aromatic heterocycles. The third-order valence-electron chi connectivity index (χ3n) is 5.12. The largest absolute Gasteiger partial charge is 0.490 e. The van der Waals surface area contributed by atoms with Gasteiger partial charge in [-0.2, -0.15) is 5.26 Å². The number of fused-ring (bicyclic) bond motifs is 1. The van der Waals surface area contributed by atoms with Gasteiger partial charge in [0.1, 0.15) is 18.5 Å². The van der Waals surface area contributed by atoms with Crippen molar-refractivity contribution >= 4 is 38.6 Å². The fraction of sp³-hybridized carbons (Fsp3) is 0.185. The van der Waals surface area contributed by atoms with E-state index >= 15 is 0 Å². The molecular weight excluding hydrogens is 478 g/mol. The molecule has 33 heavy (non-hydrogen) atoms. The van der Waals surface area contributed by atoms with E-state index in [9.17, 15) is 5.26 Å². The second-order valence-corrected chi connectivity index (χ2v) is 8.67. The molecule has 4 rings (SSSR count). The van der Waals surface area contributed by atoms with Crippen molar-refractivity contribution in [1.29, 1.82) is 5.26 Å². The highest BCUT2D eigenvalue weighted by molar-refractivity contribution is 9.10. The number of rotatable bonds is 7. The minimum absolute atomic E-state index is 0.428. The van der Waals surface area contributed by atoms with Crippen molar-refractivity contribution in [2.45, 2.75) is 27.4 Å². The first-order valence-electron chi connectivity index (χ1n) is 10.7. The number of aryl methyl sites for hydroxylation is 2. The number of hydrogen-bond donors (Lipinski definition) is 1. The second-order valence-electron chi connectivity index (χ2n) is 7.82. The Morgan fingerprint density at radius 1 is 1.09 bits per heavy atom. The Bertz CT molecular complexity index is 1380. The molecule has 4 aromatic rings. The molecule has 166 valence electrons. The van der Waals surface area contributed by atoms with Gasteiger partial charge in [-0.1, -0.05) is 35.9 Å². The van der Waals surface area contributed by atoms with E-state index in [1.165, 1.54) is 5.56 Å². The fourth-order valence-electron chi connectivity index (χ4n) is 3.60. The molecule has 0 spiro atoms. The van der Waals surface area contributed by atoms with Crippen LogP contribution in [0.4, 0.5) is 0 Å². The molecular formula is C27H24BrN3O2. The maximum atomic E-state index is 9.80. The van der Waals surface area contributed by atoms with Gasteiger partial charge in [0, 0.05) is 0 Å². The normalized spacial score (nSPS) is 11.4. The van der Waals surface area contributed by atoms with E-state index in [0.717, 1.165) is 32.2 Å². The third kappa shape index (κ3) is 5.27. The summed E-state index contributed by atoms with van der Waals surface area (Å²) in [6, 6.07) is 20.2. The van der Waals surface area contributed by atoms with Gasteiger partial charge in [-0.15, -0.1) is 0 Å². The number of allylic oxidation sites excluding steroid dienone is 1. The van der Waals surface area contributed by atoms with Crippen molar-refractivity contribution in [3.63, 3.8) is 0 Å². The Labute approximate surface area is 201 Å². The molecule has 0 saturated carbocycles. The molecule has 0 aliphatic rings. The molecule has 1 heterocycles. The van der Waals surface area contributed by atoms with Crippen LogP contribution in [0.2, 0.25) is 0 Å². The predicted molar refractivity (Wildman–Crippen MR) is 135 cm³/mol. The molecule has 0 aliphatic carbocycles. The van der Waals surface area contributed by atoms with Crippen molar-refractivity contribution in [3.05, 3.63) is 87.1 Å². The summed E-state index contributed by atoms with van der Waals surface area (Å²) >= 11 is 3.62. The first kappa shape index (κ1) is 22.6. The van der Waals surface area contributed by atoms with Gasteiger partial charge < -0.3 is 14.5 Å². The van der Waals surface area contributed by atoms with E-state index in [4.69, 9.17) is 9.47 Å². The summed E-state index contributed by atoms with van der Waals surface area (Å²) in [6.07, 6.45) is 1.79. The first-order chi connectivity index (χ1) is 16.0. The number of halogens is 1. The SMILES string of the molecule is CCOc1cc(/C=C(/C#N)c2nc3ccc(C)cc3[nH]2)cc(Br)c1OCc1cccc(C)c1. The smallest absolute Gasteiger partial charge is 0.175 e. The van der Waals surface area contributed by atoms with Crippen LogP contribution >= 0.6 is 15.9 Å². The summed E-state index contributed by atoms with van der Waals surface area (Å²) in [5.74, 6) is 1.78. The van der Waals surface area contributed by atoms with Crippen molar-refractivity contribution < 1.29 is 9.47 Å². The molecule has 5 nitrogen and oxygen atoms in total. The number of nitrogens with zero attached hydrogens (tertiary/aromatic N) is 2. The summed E-state index contributed by atoms with van der Waals surface area (Å²) in [5.41, 5.74) is 6.38. The minimum atomic E-state index is 0.428. The second kappa shape index (κ2) is 9.93. The van der Waals surface area contributed by atoms with E-state index in [2.05, 4.69) is 51.0 Å². The highest BCUT2D eigenvalue weighted by Crippen LogP contribution is 2.38. The number of benzene rings is 3. The van der Waals surface area contributed by atoms with Crippen LogP contribution in [0.25, 0.3) is 22.7 Å². The lowest BCUT2D eigenvalue weighted by molar-refractivity contribution is 0.267. The van der Waals surface area contributed by atoms with Crippen LogP contribution < -0.4 is 9.47 Å². The van der Waals surface area contributed by atoms with E-state index in [1.54, 1.807) is 6.08 Å². The number of nitriles is 1. The van der Waals surface area contributed by atoms with Gasteiger partial charge in [0.15, 0.2) is 11.5 Å². The standard InChI is InChI=1S/C27H24BrN3O2/c1-4-32-25-14-20(13-22(28)26(25)33-16-19-7-5-6-17(2)10-19)12-21(15-29)27-30-23-9-8-18(3)11-24(23)31-27/h5-14H,4,16H2,1-3H3,(H,30,31)/b21-12-. The van der Waals surface area contributed by atoms with Gasteiger partial charge in [-0.25, -0.2) is 4.98 Å². The number of aromatic amines is 1. The maximum absolute atomic E-state index is 9.80. The van der Waals surface area contributed by atoms with Gasteiger partial charge in [-0.3, -0.25) is 0 Å². The minimum Gasteiger partial charge on any atom is -0.490 e. The zero-order valence-corrected chi connectivity index (χ0v) is 20.4. The molecule has 0 bridgehead atoms. The molecule has 0 radical (unpaired) electrons. The first-order valence-corrected chi connectivity index (χ1v) is 11.5. The van der Waals surface area contributed by atoms with Crippen molar-refractivity contribution in [2.75, 3.05) is 6.61 Å². The van der Waals surface area contributed by atoms with Crippen LogP contribution in [-0.2, 0) is 6.61 Å². The third-order valence-corrected chi connectivity index (χ3v) is 5.71. The van der Waals surface area contributed by atoms with Gasteiger partial charge in [0.05, 0.1) is 27.7 Å². The lowest BCUT2D eigenvalue weighted by Gasteiger charge is -2.15.